The summed E-state index contributed by atoms with van der Waals surface area (Å²) in [4.78, 5) is 26.8. The number of amides is 2. The van der Waals surface area contributed by atoms with E-state index in [-0.39, 0.29) is 23.8 Å². The van der Waals surface area contributed by atoms with Crippen LogP contribution in [-0.4, -0.2) is 74.8 Å². The van der Waals surface area contributed by atoms with Crippen molar-refractivity contribution in [3.63, 3.8) is 0 Å². The van der Waals surface area contributed by atoms with Gasteiger partial charge in [0.05, 0.1) is 18.4 Å². The van der Waals surface area contributed by atoms with E-state index < -0.39 is 10.0 Å². The number of sulfonamides is 1. The van der Waals surface area contributed by atoms with Crippen LogP contribution < -0.4 is 4.72 Å². The van der Waals surface area contributed by atoms with Gasteiger partial charge in [0.15, 0.2) is 0 Å². The van der Waals surface area contributed by atoms with Crippen LogP contribution in [0, 0.1) is 0 Å². The molecule has 0 unspecified atom stereocenters. The van der Waals surface area contributed by atoms with Crippen LogP contribution >= 0.6 is 0 Å². The smallest absolute Gasteiger partial charge is 0.409 e. The number of piperazine rings is 1. The Bertz CT molecular complexity index is 523. The first kappa shape index (κ1) is 18.0. The van der Waals surface area contributed by atoms with Gasteiger partial charge < -0.3 is 14.5 Å². The topological polar surface area (TPSA) is 96.0 Å². The lowest BCUT2D eigenvalue weighted by atomic mass is 10.3. The molecule has 2 fully saturated rings. The van der Waals surface area contributed by atoms with Gasteiger partial charge in [-0.05, 0) is 19.8 Å². The second-order valence-corrected chi connectivity index (χ2v) is 7.88. The minimum absolute atomic E-state index is 0.210. The van der Waals surface area contributed by atoms with Gasteiger partial charge in [0.1, 0.15) is 0 Å². The van der Waals surface area contributed by atoms with Gasteiger partial charge in [0, 0.05) is 26.2 Å². The summed E-state index contributed by atoms with van der Waals surface area (Å²) in [6.45, 7) is 3.44. The predicted molar refractivity (Wildman–Crippen MR) is 84.4 cm³/mol. The number of ether oxygens (including phenoxy) is 1. The zero-order valence-electron chi connectivity index (χ0n) is 13.5. The van der Waals surface area contributed by atoms with Crippen molar-refractivity contribution in [2.24, 2.45) is 0 Å². The normalized spacial score (nSPS) is 19.9. The molecule has 2 rings (SSSR count). The fourth-order valence-corrected chi connectivity index (χ4v) is 4.46. The minimum Gasteiger partial charge on any atom is -0.450 e. The number of carbonyl (C=O) groups is 2. The highest BCUT2D eigenvalue weighted by Gasteiger charge is 2.30. The third-order valence-corrected chi connectivity index (χ3v) is 6.22. The summed E-state index contributed by atoms with van der Waals surface area (Å²) in [7, 11) is -3.41. The highest BCUT2D eigenvalue weighted by Crippen LogP contribution is 2.23. The van der Waals surface area contributed by atoms with Crippen molar-refractivity contribution in [3.8, 4) is 0 Å². The largest absolute Gasteiger partial charge is 0.450 e. The Morgan fingerprint density at radius 2 is 1.65 bits per heavy atom. The van der Waals surface area contributed by atoms with E-state index in [4.69, 9.17) is 4.74 Å². The second-order valence-electron chi connectivity index (χ2n) is 5.84. The predicted octanol–water partition coefficient (Wildman–Crippen LogP) is 0.149. The molecule has 23 heavy (non-hydrogen) atoms. The molecule has 1 aliphatic carbocycles. The van der Waals surface area contributed by atoms with E-state index in [1.54, 1.807) is 16.7 Å². The van der Waals surface area contributed by atoms with Crippen molar-refractivity contribution in [2.75, 3.05) is 39.3 Å². The molecule has 0 aromatic heterocycles. The molecular formula is C14H25N3O5S. The Morgan fingerprint density at radius 1 is 1.09 bits per heavy atom. The number of hydrogen-bond donors (Lipinski definition) is 1. The average Bonchev–Trinajstić information content (AvgIpc) is 3.08. The van der Waals surface area contributed by atoms with Crippen LogP contribution in [0.2, 0.25) is 0 Å². The number of rotatable bonds is 5. The van der Waals surface area contributed by atoms with Gasteiger partial charge in [-0.2, -0.15) is 0 Å². The van der Waals surface area contributed by atoms with Crippen LogP contribution in [0.15, 0.2) is 0 Å². The summed E-state index contributed by atoms with van der Waals surface area (Å²) in [6.07, 6.45) is 2.82. The SMILES string of the molecule is CCOC(=O)N1CCN(C(=O)CNS(=O)(=O)C2CCCC2)CC1. The summed E-state index contributed by atoms with van der Waals surface area (Å²) < 4.78 is 31.5. The number of hydrogen-bond acceptors (Lipinski definition) is 5. The Balaban J connectivity index is 1.76. The van der Waals surface area contributed by atoms with Crippen molar-refractivity contribution in [2.45, 2.75) is 37.9 Å². The van der Waals surface area contributed by atoms with Crippen molar-refractivity contribution in [3.05, 3.63) is 0 Å². The van der Waals surface area contributed by atoms with Crippen LogP contribution in [0.4, 0.5) is 4.79 Å². The van der Waals surface area contributed by atoms with E-state index in [1.807, 2.05) is 0 Å². The van der Waals surface area contributed by atoms with Gasteiger partial charge in [-0.1, -0.05) is 12.8 Å². The first-order chi connectivity index (χ1) is 10.9. The lowest BCUT2D eigenvalue weighted by Gasteiger charge is -2.34. The molecule has 1 saturated carbocycles. The summed E-state index contributed by atoms with van der Waals surface area (Å²) in [5.41, 5.74) is 0. The second kappa shape index (κ2) is 7.96. The zero-order valence-corrected chi connectivity index (χ0v) is 14.3. The van der Waals surface area contributed by atoms with Crippen LogP contribution in [0.5, 0.6) is 0 Å². The molecule has 0 atom stereocenters. The van der Waals surface area contributed by atoms with E-state index >= 15 is 0 Å². The number of nitrogens with one attached hydrogen (secondary N) is 1. The molecular weight excluding hydrogens is 322 g/mol. The summed E-state index contributed by atoms with van der Waals surface area (Å²) >= 11 is 0. The van der Waals surface area contributed by atoms with Crippen molar-refractivity contribution in [1.82, 2.24) is 14.5 Å². The molecule has 0 spiro atoms. The van der Waals surface area contributed by atoms with Gasteiger partial charge >= 0.3 is 6.09 Å². The number of nitrogens with zero attached hydrogens (tertiary/aromatic N) is 2. The molecule has 2 aliphatic rings. The highest BCUT2D eigenvalue weighted by atomic mass is 32.2. The van der Waals surface area contributed by atoms with Gasteiger partial charge in [-0.3, -0.25) is 4.79 Å². The fourth-order valence-electron chi connectivity index (χ4n) is 2.94. The summed E-state index contributed by atoms with van der Waals surface area (Å²) in [5.74, 6) is -0.255. The first-order valence-electron chi connectivity index (χ1n) is 8.12. The third-order valence-electron chi connectivity index (χ3n) is 4.32. The minimum atomic E-state index is -3.41. The van der Waals surface area contributed by atoms with E-state index in [1.165, 1.54) is 0 Å². The molecule has 0 aromatic rings. The monoisotopic (exact) mass is 347 g/mol. The van der Waals surface area contributed by atoms with Crippen LogP contribution in [0.3, 0.4) is 0 Å². The molecule has 8 nitrogen and oxygen atoms in total. The molecule has 0 radical (unpaired) electrons. The first-order valence-corrected chi connectivity index (χ1v) is 9.66. The Kier molecular flexibility index (Phi) is 6.23. The van der Waals surface area contributed by atoms with Crippen molar-refractivity contribution in [1.29, 1.82) is 0 Å². The quantitative estimate of drug-likeness (QED) is 0.764. The van der Waals surface area contributed by atoms with E-state index in [9.17, 15) is 18.0 Å². The lowest BCUT2D eigenvalue weighted by molar-refractivity contribution is -0.131. The average molecular weight is 347 g/mol. The third kappa shape index (κ3) is 4.81. The van der Waals surface area contributed by atoms with Gasteiger partial charge in [0.2, 0.25) is 15.9 Å². The lowest BCUT2D eigenvalue weighted by Crippen LogP contribution is -2.53. The fraction of sp³-hybridized carbons (Fsp3) is 0.857. The Hall–Kier alpha value is -1.35. The van der Waals surface area contributed by atoms with E-state index in [2.05, 4.69) is 4.72 Å². The molecule has 1 aliphatic heterocycles. The maximum Gasteiger partial charge on any atom is 0.409 e. The maximum atomic E-state index is 12.1. The van der Waals surface area contributed by atoms with Gasteiger partial charge in [-0.25, -0.2) is 17.9 Å². The molecule has 0 aromatic carbocycles. The van der Waals surface area contributed by atoms with Crippen molar-refractivity contribution < 1.29 is 22.7 Å². The molecule has 0 bridgehead atoms. The maximum absolute atomic E-state index is 12.1. The summed E-state index contributed by atoms with van der Waals surface area (Å²) in [6, 6.07) is 0. The molecule has 2 amide bonds. The zero-order chi connectivity index (χ0) is 16.9. The van der Waals surface area contributed by atoms with Crippen LogP contribution in [0.1, 0.15) is 32.6 Å². The van der Waals surface area contributed by atoms with Crippen LogP contribution in [-0.2, 0) is 19.6 Å². The van der Waals surface area contributed by atoms with E-state index in [0.29, 0.717) is 45.6 Å². The molecule has 1 heterocycles. The van der Waals surface area contributed by atoms with Gasteiger partial charge in [-0.15, -0.1) is 0 Å². The molecule has 1 N–H and O–H groups in total. The molecule has 1 saturated heterocycles. The van der Waals surface area contributed by atoms with Crippen molar-refractivity contribution >= 4 is 22.0 Å². The summed E-state index contributed by atoms with van der Waals surface area (Å²) in [5, 5.41) is -0.365. The van der Waals surface area contributed by atoms with Gasteiger partial charge in [0.25, 0.3) is 0 Å². The number of carbonyl (C=O) groups excluding carboxylic acids is 2. The van der Waals surface area contributed by atoms with E-state index in [0.717, 1.165) is 12.8 Å². The standard InChI is InChI=1S/C14H25N3O5S/c1-2-22-14(19)17-9-7-16(8-10-17)13(18)11-15-23(20,21)12-5-3-4-6-12/h12,15H,2-11H2,1H3. The van der Waals surface area contributed by atoms with Crippen LogP contribution in [0.25, 0.3) is 0 Å². The molecule has 132 valence electrons. The Morgan fingerprint density at radius 3 is 2.22 bits per heavy atom. The molecule has 9 heteroatoms. The Labute approximate surface area is 137 Å². The highest BCUT2D eigenvalue weighted by molar-refractivity contribution is 7.90.